The third kappa shape index (κ3) is 2.81. The summed E-state index contributed by atoms with van der Waals surface area (Å²) in [5.74, 6) is 0. The van der Waals surface area contributed by atoms with E-state index in [1.807, 2.05) is 23.1 Å². The van der Waals surface area contributed by atoms with Crippen LogP contribution in [0.1, 0.15) is 30.0 Å². The van der Waals surface area contributed by atoms with E-state index in [2.05, 4.69) is 34.3 Å². The van der Waals surface area contributed by atoms with E-state index in [0.29, 0.717) is 6.04 Å². The van der Waals surface area contributed by atoms with Crippen molar-refractivity contribution in [2.45, 2.75) is 38.0 Å². The van der Waals surface area contributed by atoms with Crippen LogP contribution in [0, 0.1) is 0 Å². The molecule has 1 aromatic heterocycles. The molecule has 2 aliphatic rings. The molecule has 4 nitrogen and oxygen atoms in total. The van der Waals surface area contributed by atoms with Crippen molar-refractivity contribution in [3.8, 4) is 0 Å². The fraction of sp³-hybridized carbons (Fsp3) is 0.500. The molecule has 0 spiro atoms. The average Bonchev–Trinajstić information content (AvgIpc) is 3.07. The molecule has 0 N–H and O–H groups in total. The molecular formula is C18H23N3O. The fourth-order valence-corrected chi connectivity index (χ4v) is 3.86. The summed E-state index contributed by atoms with van der Waals surface area (Å²) in [6.07, 6.45) is 7.88. The molecule has 0 unspecified atom stereocenters. The Labute approximate surface area is 131 Å². The molecule has 0 amide bonds. The molecule has 4 rings (SSSR count). The van der Waals surface area contributed by atoms with Gasteiger partial charge in [0, 0.05) is 31.5 Å². The van der Waals surface area contributed by atoms with Crippen LogP contribution < -0.4 is 0 Å². The first-order valence-corrected chi connectivity index (χ1v) is 8.31. The minimum Gasteiger partial charge on any atom is -0.374 e. The largest absolute Gasteiger partial charge is 0.374 e. The van der Waals surface area contributed by atoms with Crippen LogP contribution in [0.3, 0.4) is 0 Å². The maximum absolute atomic E-state index is 5.96. The highest BCUT2D eigenvalue weighted by Crippen LogP contribution is 2.35. The van der Waals surface area contributed by atoms with Gasteiger partial charge in [0.2, 0.25) is 0 Å². The topological polar surface area (TPSA) is 30.3 Å². The maximum Gasteiger partial charge on any atom is 0.0898 e. The first kappa shape index (κ1) is 14.0. The molecule has 0 saturated carbocycles. The van der Waals surface area contributed by atoms with Gasteiger partial charge in [0.1, 0.15) is 0 Å². The summed E-state index contributed by atoms with van der Waals surface area (Å²) in [7, 11) is 0. The standard InChI is InChI=1S/C18H23N3O/c1-2-7-17-15(5-1)6-3-8-18(17)20-11-12-22-16(13-20)14-21-10-4-9-19-21/h1-2,4-5,7,9-10,16,18H,3,6,8,11-14H2/t16-,18+/m1/s1. The maximum atomic E-state index is 5.96. The van der Waals surface area contributed by atoms with Crippen molar-refractivity contribution in [2.24, 2.45) is 0 Å². The minimum atomic E-state index is 0.239. The first-order chi connectivity index (χ1) is 10.9. The summed E-state index contributed by atoms with van der Waals surface area (Å²) in [5.41, 5.74) is 3.07. The van der Waals surface area contributed by atoms with Gasteiger partial charge in [-0.25, -0.2) is 0 Å². The molecule has 0 radical (unpaired) electrons. The molecule has 1 saturated heterocycles. The quantitative estimate of drug-likeness (QED) is 0.872. The van der Waals surface area contributed by atoms with Crippen molar-refractivity contribution in [1.82, 2.24) is 14.7 Å². The van der Waals surface area contributed by atoms with Gasteiger partial charge in [-0.2, -0.15) is 5.10 Å². The number of morpholine rings is 1. The van der Waals surface area contributed by atoms with E-state index in [4.69, 9.17) is 4.74 Å². The van der Waals surface area contributed by atoms with Gasteiger partial charge in [0.25, 0.3) is 0 Å². The van der Waals surface area contributed by atoms with Gasteiger partial charge in [-0.3, -0.25) is 9.58 Å². The van der Waals surface area contributed by atoms with Gasteiger partial charge >= 0.3 is 0 Å². The lowest BCUT2D eigenvalue weighted by molar-refractivity contribution is -0.0541. The predicted molar refractivity (Wildman–Crippen MR) is 85.7 cm³/mol. The zero-order chi connectivity index (χ0) is 14.8. The Bertz CT molecular complexity index is 611. The van der Waals surface area contributed by atoms with Gasteiger partial charge in [0.05, 0.1) is 19.3 Å². The van der Waals surface area contributed by atoms with E-state index >= 15 is 0 Å². The monoisotopic (exact) mass is 297 g/mol. The van der Waals surface area contributed by atoms with Crippen LogP contribution in [0.25, 0.3) is 0 Å². The summed E-state index contributed by atoms with van der Waals surface area (Å²) in [6, 6.07) is 11.5. The highest BCUT2D eigenvalue weighted by Gasteiger charge is 2.30. The van der Waals surface area contributed by atoms with E-state index in [-0.39, 0.29) is 6.10 Å². The average molecular weight is 297 g/mol. The van der Waals surface area contributed by atoms with Crippen molar-refractivity contribution in [2.75, 3.05) is 19.7 Å². The molecule has 22 heavy (non-hydrogen) atoms. The highest BCUT2D eigenvalue weighted by atomic mass is 16.5. The predicted octanol–water partition coefficient (Wildman–Crippen LogP) is 2.66. The SMILES string of the molecule is c1ccc2c(c1)CCC[C@@H]2N1CCO[C@@H](Cn2cccn2)C1. The lowest BCUT2D eigenvalue weighted by atomic mass is 9.86. The summed E-state index contributed by atoms with van der Waals surface area (Å²) in [6.45, 7) is 3.70. The summed E-state index contributed by atoms with van der Waals surface area (Å²) < 4.78 is 7.93. The Morgan fingerprint density at radius 2 is 2.18 bits per heavy atom. The van der Waals surface area contributed by atoms with Crippen LogP contribution >= 0.6 is 0 Å². The Morgan fingerprint density at radius 3 is 3.09 bits per heavy atom. The number of fused-ring (bicyclic) bond motifs is 1. The number of nitrogens with zero attached hydrogens (tertiary/aromatic N) is 3. The Balaban J connectivity index is 1.48. The molecule has 116 valence electrons. The van der Waals surface area contributed by atoms with Crippen molar-refractivity contribution < 1.29 is 4.74 Å². The summed E-state index contributed by atoms with van der Waals surface area (Å²) >= 11 is 0. The lowest BCUT2D eigenvalue weighted by Gasteiger charge is -2.40. The third-order valence-electron chi connectivity index (χ3n) is 4.90. The van der Waals surface area contributed by atoms with Gasteiger partial charge in [-0.15, -0.1) is 0 Å². The lowest BCUT2D eigenvalue weighted by Crippen LogP contribution is -2.46. The van der Waals surface area contributed by atoms with Gasteiger partial charge in [0.15, 0.2) is 0 Å². The molecule has 2 atom stereocenters. The number of rotatable bonds is 3. The third-order valence-corrected chi connectivity index (χ3v) is 4.90. The van der Waals surface area contributed by atoms with Gasteiger partial charge < -0.3 is 4.74 Å². The molecule has 1 aliphatic heterocycles. The Morgan fingerprint density at radius 1 is 1.23 bits per heavy atom. The van der Waals surface area contributed by atoms with Crippen molar-refractivity contribution >= 4 is 0 Å². The molecule has 4 heteroatoms. The molecular weight excluding hydrogens is 274 g/mol. The number of aromatic nitrogens is 2. The van der Waals surface area contributed by atoms with Gasteiger partial charge in [-0.1, -0.05) is 24.3 Å². The number of benzene rings is 1. The Kier molecular flexibility index (Phi) is 3.95. The minimum absolute atomic E-state index is 0.239. The fourth-order valence-electron chi connectivity index (χ4n) is 3.86. The second-order valence-electron chi connectivity index (χ2n) is 6.32. The molecule has 1 aliphatic carbocycles. The number of aryl methyl sites for hydroxylation is 1. The van der Waals surface area contributed by atoms with E-state index in [1.54, 1.807) is 0 Å². The van der Waals surface area contributed by atoms with E-state index in [0.717, 1.165) is 26.2 Å². The van der Waals surface area contributed by atoms with Crippen LogP contribution in [0.4, 0.5) is 0 Å². The molecule has 1 fully saturated rings. The smallest absolute Gasteiger partial charge is 0.0898 e. The zero-order valence-electron chi connectivity index (χ0n) is 12.9. The summed E-state index contributed by atoms with van der Waals surface area (Å²) in [5, 5.41) is 4.30. The zero-order valence-corrected chi connectivity index (χ0v) is 12.9. The molecule has 1 aromatic carbocycles. The second kappa shape index (κ2) is 6.23. The number of hydrogen-bond acceptors (Lipinski definition) is 3. The van der Waals surface area contributed by atoms with E-state index in [1.165, 1.54) is 30.4 Å². The highest BCUT2D eigenvalue weighted by molar-refractivity contribution is 5.32. The summed E-state index contributed by atoms with van der Waals surface area (Å²) in [4.78, 5) is 2.62. The van der Waals surface area contributed by atoms with Crippen molar-refractivity contribution in [3.05, 3.63) is 53.9 Å². The van der Waals surface area contributed by atoms with Gasteiger partial charge in [-0.05, 0) is 36.5 Å². The second-order valence-corrected chi connectivity index (χ2v) is 6.32. The van der Waals surface area contributed by atoms with Crippen LogP contribution in [-0.4, -0.2) is 40.5 Å². The van der Waals surface area contributed by atoms with Crippen LogP contribution in [0.15, 0.2) is 42.7 Å². The van der Waals surface area contributed by atoms with Crippen LogP contribution in [-0.2, 0) is 17.7 Å². The van der Waals surface area contributed by atoms with Crippen LogP contribution in [0.2, 0.25) is 0 Å². The normalized spacial score (nSPS) is 25.8. The first-order valence-electron chi connectivity index (χ1n) is 8.31. The number of ether oxygens (including phenoxy) is 1. The molecule has 2 heterocycles. The van der Waals surface area contributed by atoms with E-state index < -0.39 is 0 Å². The molecule has 0 bridgehead atoms. The van der Waals surface area contributed by atoms with E-state index in [9.17, 15) is 0 Å². The Hall–Kier alpha value is -1.65. The van der Waals surface area contributed by atoms with Crippen molar-refractivity contribution in [1.29, 1.82) is 0 Å². The number of hydrogen-bond donors (Lipinski definition) is 0. The molecule has 2 aromatic rings. The van der Waals surface area contributed by atoms with Crippen LogP contribution in [0.5, 0.6) is 0 Å². The van der Waals surface area contributed by atoms with Crippen molar-refractivity contribution in [3.63, 3.8) is 0 Å².